The van der Waals surface area contributed by atoms with Gasteiger partial charge in [-0.3, -0.25) is 4.79 Å². The van der Waals surface area contributed by atoms with Crippen molar-refractivity contribution in [1.29, 1.82) is 0 Å². The molecule has 0 bridgehead atoms. The van der Waals surface area contributed by atoms with Gasteiger partial charge in [0.05, 0.1) is 29.7 Å². The molecule has 3 heterocycles. The number of thiazole rings is 1. The number of nitrogens with two attached hydrogens (primary N) is 1. The maximum absolute atomic E-state index is 14.2. The van der Waals surface area contributed by atoms with Gasteiger partial charge in [-0.2, -0.15) is 0 Å². The van der Waals surface area contributed by atoms with E-state index in [1.165, 1.54) is 29.7 Å². The lowest BCUT2D eigenvalue weighted by Crippen LogP contribution is -2.13. The van der Waals surface area contributed by atoms with E-state index in [-0.39, 0.29) is 12.1 Å². The average Bonchev–Trinajstić information content (AvgIpc) is 3.37. The van der Waals surface area contributed by atoms with E-state index < -0.39 is 17.5 Å². The minimum absolute atomic E-state index is 0.0930. The van der Waals surface area contributed by atoms with Gasteiger partial charge in [-0.1, -0.05) is 11.2 Å². The lowest BCUT2D eigenvalue weighted by molar-refractivity contribution is 0.0999. The quantitative estimate of drug-likeness (QED) is 0.549. The molecule has 0 atom stereocenters. The van der Waals surface area contributed by atoms with Gasteiger partial charge in [-0.15, -0.1) is 11.3 Å². The van der Waals surface area contributed by atoms with Crippen molar-refractivity contribution in [3.05, 3.63) is 70.4 Å². The lowest BCUT2D eigenvalue weighted by atomic mass is 10.2. The lowest BCUT2D eigenvalue weighted by Gasteiger charge is -2.12. The predicted molar refractivity (Wildman–Crippen MR) is 99.8 cm³/mol. The summed E-state index contributed by atoms with van der Waals surface area (Å²) in [6.45, 7) is 1.81. The molecule has 0 aliphatic carbocycles. The molecular formula is C19H14F2N4O2S. The third-order valence-electron chi connectivity index (χ3n) is 4.39. The van der Waals surface area contributed by atoms with Gasteiger partial charge >= 0.3 is 0 Å². The fraction of sp³-hybridized carbons (Fsp3) is 0.105. The number of carbonyl (C=O) groups is 1. The highest BCUT2D eigenvalue weighted by molar-refractivity contribution is 7.13. The molecule has 142 valence electrons. The first-order valence-electron chi connectivity index (χ1n) is 8.25. The SMILES string of the molecule is Cc1c(C(N)=O)cc(-c2csc(-c3ccno3)n2)n1Cc1ccc(F)cc1F. The van der Waals surface area contributed by atoms with Gasteiger partial charge in [-0.25, -0.2) is 13.8 Å². The Morgan fingerprint density at radius 3 is 2.79 bits per heavy atom. The minimum atomic E-state index is -0.666. The summed E-state index contributed by atoms with van der Waals surface area (Å²) in [7, 11) is 0. The molecule has 0 radical (unpaired) electrons. The topological polar surface area (TPSA) is 86.9 Å². The summed E-state index contributed by atoms with van der Waals surface area (Å²) in [5.41, 5.74) is 7.82. The molecule has 0 unspecified atom stereocenters. The normalized spacial score (nSPS) is 11.1. The molecule has 4 aromatic rings. The monoisotopic (exact) mass is 400 g/mol. The smallest absolute Gasteiger partial charge is 0.250 e. The van der Waals surface area contributed by atoms with Gasteiger partial charge < -0.3 is 14.8 Å². The molecule has 6 nitrogen and oxygen atoms in total. The average molecular weight is 400 g/mol. The van der Waals surface area contributed by atoms with Gasteiger partial charge in [0.15, 0.2) is 10.8 Å². The number of amides is 1. The summed E-state index contributed by atoms with van der Waals surface area (Å²) >= 11 is 1.35. The van der Waals surface area contributed by atoms with Crippen LogP contribution in [0.4, 0.5) is 8.78 Å². The van der Waals surface area contributed by atoms with Crippen molar-refractivity contribution in [2.75, 3.05) is 0 Å². The van der Waals surface area contributed by atoms with Gasteiger partial charge in [0.1, 0.15) is 11.6 Å². The first-order chi connectivity index (χ1) is 13.4. The second kappa shape index (κ2) is 7.01. The third-order valence-corrected chi connectivity index (χ3v) is 5.25. The number of carbonyl (C=O) groups excluding carboxylic acids is 1. The molecule has 0 spiro atoms. The van der Waals surface area contributed by atoms with E-state index in [0.29, 0.717) is 33.4 Å². The van der Waals surface area contributed by atoms with E-state index in [1.54, 1.807) is 29.0 Å². The summed E-state index contributed by atoms with van der Waals surface area (Å²) in [5.74, 6) is -1.39. The first-order valence-corrected chi connectivity index (χ1v) is 9.13. The number of rotatable bonds is 5. The fourth-order valence-electron chi connectivity index (χ4n) is 2.96. The standard InChI is InChI=1S/C19H14F2N4O2S/c1-10-13(18(22)26)7-16(15-9-28-19(24-15)17-4-5-23-27-17)25(10)8-11-2-3-12(20)6-14(11)21/h2-7,9H,8H2,1H3,(H2,22,26). The number of primary amides is 1. The van der Waals surface area contributed by atoms with Crippen LogP contribution in [0.5, 0.6) is 0 Å². The van der Waals surface area contributed by atoms with Crippen LogP contribution in [0.2, 0.25) is 0 Å². The van der Waals surface area contributed by atoms with Crippen LogP contribution in [0.3, 0.4) is 0 Å². The highest BCUT2D eigenvalue weighted by Crippen LogP contribution is 2.32. The Hall–Kier alpha value is -3.33. The molecule has 9 heteroatoms. The first kappa shape index (κ1) is 18.1. The summed E-state index contributed by atoms with van der Waals surface area (Å²) in [6, 6.07) is 6.71. The number of nitrogens with zero attached hydrogens (tertiary/aromatic N) is 3. The van der Waals surface area contributed by atoms with Crippen molar-refractivity contribution in [3.8, 4) is 22.2 Å². The highest BCUT2D eigenvalue weighted by atomic mass is 32.1. The van der Waals surface area contributed by atoms with Crippen LogP contribution in [-0.4, -0.2) is 20.6 Å². The van der Waals surface area contributed by atoms with E-state index in [0.717, 1.165) is 6.07 Å². The molecule has 3 aromatic heterocycles. The van der Waals surface area contributed by atoms with Crippen LogP contribution >= 0.6 is 11.3 Å². The summed E-state index contributed by atoms with van der Waals surface area (Å²) in [6.07, 6.45) is 1.52. The Morgan fingerprint density at radius 2 is 2.11 bits per heavy atom. The fourth-order valence-corrected chi connectivity index (χ4v) is 3.73. The van der Waals surface area contributed by atoms with Crippen molar-refractivity contribution >= 4 is 17.2 Å². The van der Waals surface area contributed by atoms with E-state index in [9.17, 15) is 13.6 Å². The maximum atomic E-state index is 14.2. The predicted octanol–water partition coefficient (Wildman–Crippen LogP) is 4.00. The molecule has 0 saturated carbocycles. The molecule has 0 fully saturated rings. The Kier molecular flexibility index (Phi) is 4.52. The highest BCUT2D eigenvalue weighted by Gasteiger charge is 2.20. The van der Waals surface area contributed by atoms with Gasteiger partial charge in [0.25, 0.3) is 5.91 Å². The van der Waals surface area contributed by atoms with Gasteiger partial charge in [-0.05, 0) is 19.1 Å². The Labute approximate surface area is 162 Å². The zero-order valence-electron chi connectivity index (χ0n) is 14.6. The van der Waals surface area contributed by atoms with Gasteiger partial charge in [0.2, 0.25) is 0 Å². The number of hydrogen-bond donors (Lipinski definition) is 1. The number of benzene rings is 1. The Bertz CT molecular complexity index is 1170. The zero-order valence-corrected chi connectivity index (χ0v) is 15.5. The third kappa shape index (κ3) is 3.20. The van der Waals surface area contributed by atoms with Crippen molar-refractivity contribution < 1.29 is 18.1 Å². The number of halogens is 2. The molecule has 28 heavy (non-hydrogen) atoms. The molecule has 1 amide bonds. The van der Waals surface area contributed by atoms with E-state index in [2.05, 4.69) is 10.1 Å². The molecular weight excluding hydrogens is 386 g/mol. The molecule has 0 aliphatic heterocycles. The summed E-state index contributed by atoms with van der Waals surface area (Å²) in [4.78, 5) is 16.4. The summed E-state index contributed by atoms with van der Waals surface area (Å²) in [5, 5.41) is 6.08. The molecule has 1 aromatic carbocycles. The van der Waals surface area contributed by atoms with E-state index in [4.69, 9.17) is 10.3 Å². The second-order valence-electron chi connectivity index (χ2n) is 6.13. The van der Waals surface area contributed by atoms with Crippen molar-refractivity contribution in [1.82, 2.24) is 14.7 Å². The second-order valence-corrected chi connectivity index (χ2v) is 6.99. The largest absolute Gasteiger partial charge is 0.366 e. The van der Waals surface area contributed by atoms with Crippen LogP contribution in [0.25, 0.3) is 22.2 Å². The Morgan fingerprint density at radius 1 is 1.29 bits per heavy atom. The van der Waals surface area contributed by atoms with Crippen LogP contribution in [0.15, 0.2) is 46.4 Å². The molecule has 0 saturated heterocycles. The number of hydrogen-bond acceptors (Lipinski definition) is 5. The molecule has 0 aliphatic rings. The van der Waals surface area contributed by atoms with Crippen molar-refractivity contribution in [3.63, 3.8) is 0 Å². The molecule has 4 rings (SSSR count). The van der Waals surface area contributed by atoms with Crippen molar-refractivity contribution in [2.45, 2.75) is 13.5 Å². The van der Waals surface area contributed by atoms with Crippen molar-refractivity contribution in [2.24, 2.45) is 5.73 Å². The number of aromatic nitrogens is 3. The van der Waals surface area contributed by atoms with Gasteiger partial charge in [0, 0.05) is 28.8 Å². The maximum Gasteiger partial charge on any atom is 0.250 e. The van der Waals surface area contributed by atoms with Crippen LogP contribution in [0.1, 0.15) is 21.6 Å². The van der Waals surface area contributed by atoms with Crippen LogP contribution in [0, 0.1) is 18.6 Å². The molecule has 2 N–H and O–H groups in total. The van der Waals surface area contributed by atoms with Crippen LogP contribution in [-0.2, 0) is 6.54 Å². The van der Waals surface area contributed by atoms with Crippen LogP contribution < -0.4 is 5.73 Å². The summed E-state index contributed by atoms with van der Waals surface area (Å²) < 4.78 is 34.3. The Balaban J connectivity index is 1.80. The zero-order chi connectivity index (χ0) is 19.8. The van der Waals surface area contributed by atoms with E-state index >= 15 is 0 Å². The van der Waals surface area contributed by atoms with E-state index in [1.807, 2.05) is 0 Å². The minimum Gasteiger partial charge on any atom is -0.366 e.